The highest BCUT2D eigenvalue weighted by atomic mass is 35.5. The molecular weight excluding hydrogens is 394 g/mol. The molecule has 0 fully saturated rings. The van der Waals surface area contributed by atoms with Gasteiger partial charge in [0.05, 0.1) is 30.3 Å². The summed E-state index contributed by atoms with van der Waals surface area (Å²) in [6.07, 6.45) is 2.88. The van der Waals surface area contributed by atoms with Gasteiger partial charge < -0.3 is 19.5 Å². The third-order valence-corrected chi connectivity index (χ3v) is 5.07. The van der Waals surface area contributed by atoms with E-state index < -0.39 is 5.97 Å². The number of esters is 1. The monoisotopic (exact) mass is 417 g/mol. The Hall–Kier alpha value is -2.73. The Morgan fingerprint density at radius 2 is 2.03 bits per heavy atom. The Balaban J connectivity index is 1.61. The van der Waals surface area contributed by atoms with Crippen molar-refractivity contribution in [2.45, 2.75) is 32.2 Å². The van der Waals surface area contributed by atoms with Crippen molar-refractivity contribution in [3.63, 3.8) is 0 Å². The van der Waals surface area contributed by atoms with Crippen LogP contribution >= 0.6 is 11.6 Å². The molecule has 0 heterocycles. The zero-order chi connectivity index (χ0) is 20.8. The third-order valence-electron chi connectivity index (χ3n) is 4.79. The van der Waals surface area contributed by atoms with E-state index in [-0.39, 0.29) is 29.1 Å². The first-order valence-corrected chi connectivity index (χ1v) is 9.96. The number of aryl methyl sites for hydroxylation is 1. The lowest BCUT2D eigenvalue weighted by Gasteiger charge is -2.26. The van der Waals surface area contributed by atoms with E-state index in [1.54, 1.807) is 0 Å². The highest BCUT2D eigenvalue weighted by Gasteiger charge is 2.22. The quantitative estimate of drug-likeness (QED) is 0.686. The van der Waals surface area contributed by atoms with Crippen LogP contribution in [0, 0.1) is 0 Å². The van der Waals surface area contributed by atoms with E-state index in [2.05, 4.69) is 11.4 Å². The number of benzene rings is 2. The van der Waals surface area contributed by atoms with Crippen molar-refractivity contribution in [2.75, 3.05) is 20.3 Å². The molecule has 2 aromatic carbocycles. The molecule has 1 atom stereocenters. The zero-order valence-electron chi connectivity index (χ0n) is 16.5. The van der Waals surface area contributed by atoms with Gasteiger partial charge in [-0.3, -0.25) is 4.79 Å². The van der Waals surface area contributed by atoms with Crippen LogP contribution in [-0.2, 0) is 16.0 Å². The lowest BCUT2D eigenvalue weighted by atomic mass is 9.88. The molecule has 0 bridgehead atoms. The predicted molar refractivity (Wildman–Crippen MR) is 110 cm³/mol. The molecule has 1 amide bonds. The van der Waals surface area contributed by atoms with Crippen LogP contribution < -0.4 is 14.8 Å². The molecule has 0 unspecified atom stereocenters. The number of rotatable bonds is 7. The summed E-state index contributed by atoms with van der Waals surface area (Å²) >= 11 is 6.18. The number of fused-ring (bicyclic) bond motifs is 1. The molecule has 0 saturated heterocycles. The molecule has 1 aliphatic carbocycles. The van der Waals surface area contributed by atoms with Crippen LogP contribution in [0.25, 0.3) is 0 Å². The summed E-state index contributed by atoms with van der Waals surface area (Å²) < 4.78 is 15.8. The molecule has 0 spiro atoms. The van der Waals surface area contributed by atoms with Crippen LogP contribution in [-0.4, -0.2) is 32.2 Å². The van der Waals surface area contributed by atoms with Gasteiger partial charge in [0.1, 0.15) is 0 Å². The molecular formula is C22H24ClNO5. The minimum atomic E-state index is -0.660. The summed E-state index contributed by atoms with van der Waals surface area (Å²) in [6.45, 7) is 1.86. The van der Waals surface area contributed by atoms with Gasteiger partial charge in [0, 0.05) is 0 Å². The maximum atomic E-state index is 12.4. The number of carbonyl (C=O) groups is 2. The van der Waals surface area contributed by atoms with Crippen molar-refractivity contribution in [3.8, 4) is 11.5 Å². The standard InChI is InChI=1S/C22H24ClNO5/c1-3-28-21-17(23)11-15(12-19(21)27-2)22(26)29-13-20(25)24-18-10-6-8-14-7-4-5-9-16(14)18/h4-5,7,9,11-12,18H,3,6,8,10,13H2,1-2H3,(H,24,25)/t18-/m0/s1. The average Bonchev–Trinajstić information content (AvgIpc) is 2.73. The van der Waals surface area contributed by atoms with E-state index in [9.17, 15) is 9.59 Å². The molecule has 154 valence electrons. The molecule has 0 saturated carbocycles. The first-order chi connectivity index (χ1) is 14.0. The van der Waals surface area contributed by atoms with Crippen molar-refractivity contribution < 1.29 is 23.8 Å². The predicted octanol–water partition coefficient (Wildman–Crippen LogP) is 4.10. The van der Waals surface area contributed by atoms with Gasteiger partial charge in [-0.15, -0.1) is 0 Å². The van der Waals surface area contributed by atoms with Gasteiger partial charge in [-0.25, -0.2) is 4.79 Å². The fraction of sp³-hybridized carbons (Fsp3) is 0.364. The number of amides is 1. The van der Waals surface area contributed by atoms with E-state index in [1.165, 1.54) is 24.8 Å². The van der Waals surface area contributed by atoms with Gasteiger partial charge in [-0.1, -0.05) is 35.9 Å². The number of hydrogen-bond acceptors (Lipinski definition) is 5. The maximum absolute atomic E-state index is 12.4. The average molecular weight is 418 g/mol. The zero-order valence-corrected chi connectivity index (χ0v) is 17.3. The smallest absolute Gasteiger partial charge is 0.338 e. The summed E-state index contributed by atoms with van der Waals surface area (Å²) in [5, 5.41) is 3.19. The molecule has 0 radical (unpaired) electrons. The van der Waals surface area contributed by atoms with E-state index >= 15 is 0 Å². The molecule has 0 aliphatic heterocycles. The summed E-state index contributed by atoms with van der Waals surface area (Å²) in [7, 11) is 1.46. The number of carbonyl (C=O) groups excluding carboxylic acids is 2. The van der Waals surface area contributed by atoms with E-state index in [4.69, 9.17) is 25.8 Å². The molecule has 0 aromatic heterocycles. The molecule has 3 rings (SSSR count). The fourth-order valence-corrected chi connectivity index (χ4v) is 3.74. The van der Waals surface area contributed by atoms with Gasteiger partial charge in [0.25, 0.3) is 5.91 Å². The van der Waals surface area contributed by atoms with E-state index in [0.717, 1.165) is 24.8 Å². The lowest BCUT2D eigenvalue weighted by molar-refractivity contribution is -0.125. The number of hydrogen-bond donors (Lipinski definition) is 1. The van der Waals surface area contributed by atoms with Gasteiger partial charge in [0.2, 0.25) is 0 Å². The number of methoxy groups -OCH3 is 1. The molecule has 7 heteroatoms. The van der Waals surface area contributed by atoms with Gasteiger partial charge in [-0.2, -0.15) is 0 Å². The van der Waals surface area contributed by atoms with Crippen LogP contribution in [0.2, 0.25) is 5.02 Å². The molecule has 1 N–H and O–H groups in total. The number of ether oxygens (including phenoxy) is 3. The van der Waals surface area contributed by atoms with Gasteiger partial charge in [-0.05, 0) is 49.4 Å². The Morgan fingerprint density at radius 3 is 2.79 bits per heavy atom. The van der Waals surface area contributed by atoms with Crippen LogP contribution in [0.5, 0.6) is 11.5 Å². The van der Waals surface area contributed by atoms with Crippen molar-refractivity contribution in [2.24, 2.45) is 0 Å². The van der Waals surface area contributed by atoms with E-state index in [1.807, 2.05) is 25.1 Å². The molecule has 6 nitrogen and oxygen atoms in total. The molecule has 29 heavy (non-hydrogen) atoms. The first kappa shape index (κ1) is 21.0. The minimum Gasteiger partial charge on any atom is -0.493 e. The highest BCUT2D eigenvalue weighted by molar-refractivity contribution is 6.32. The second-order valence-electron chi connectivity index (χ2n) is 6.71. The fourth-order valence-electron chi connectivity index (χ4n) is 3.48. The van der Waals surface area contributed by atoms with E-state index in [0.29, 0.717) is 18.1 Å². The van der Waals surface area contributed by atoms with Crippen LogP contribution in [0.3, 0.4) is 0 Å². The number of halogens is 1. The first-order valence-electron chi connectivity index (χ1n) is 9.58. The highest BCUT2D eigenvalue weighted by Crippen LogP contribution is 2.36. The topological polar surface area (TPSA) is 73.9 Å². The van der Waals surface area contributed by atoms with Crippen molar-refractivity contribution in [1.29, 1.82) is 0 Å². The van der Waals surface area contributed by atoms with Crippen LogP contribution in [0.15, 0.2) is 36.4 Å². The second-order valence-corrected chi connectivity index (χ2v) is 7.12. The Bertz CT molecular complexity index is 899. The van der Waals surface area contributed by atoms with Crippen molar-refractivity contribution in [1.82, 2.24) is 5.32 Å². The Labute approximate surface area is 175 Å². The van der Waals surface area contributed by atoms with Crippen molar-refractivity contribution >= 4 is 23.5 Å². The number of nitrogens with one attached hydrogen (secondary N) is 1. The third kappa shape index (κ3) is 5.01. The minimum absolute atomic E-state index is 0.0637. The van der Waals surface area contributed by atoms with Crippen LogP contribution in [0.4, 0.5) is 0 Å². The Kier molecular flexibility index (Phi) is 6.99. The Morgan fingerprint density at radius 1 is 1.24 bits per heavy atom. The maximum Gasteiger partial charge on any atom is 0.338 e. The summed E-state index contributed by atoms with van der Waals surface area (Å²) in [6, 6.07) is 10.9. The molecule has 1 aliphatic rings. The van der Waals surface area contributed by atoms with Crippen LogP contribution in [0.1, 0.15) is 47.3 Å². The molecule has 2 aromatic rings. The lowest BCUT2D eigenvalue weighted by Crippen LogP contribution is -2.34. The normalized spacial score (nSPS) is 15.2. The van der Waals surface area contributed by atoms with Gasteiger partial charge >= 0.3 is 5.97 Å². The largest absolute Gasteiger partial charge is 0.493 e. The SMILES string of the molecule is CCOc1c(Cl)cc(C(=O)OCC(=O)N[C@H]2CCCc3ccccc32)cc1OC. The van der Waals surface area contributed by atoms with Crippen molar-refractivity contribution in [3.05, 3.63) is 58.1 Å². The summed E-state index contributed by atoms with van der Waals surface area (Å²) in [4.78, 5) is 24.7. The van der Waals surface area contributed by atoms with Gasteiger partial charge in [0.15, 0.2) is 18.1 Å². The summed E-state index contributed by atoms with van der Waals surface area (Å²) in [5.41, 5.74) is 2.56. The summed E-state index contributed by atoms with van der Waals surface area (Å²) in [5.74, 6) is -0.312. The second kappa shape index (κ2) is 9.65.